The van der Waals surface area contributed by atoms with Gasteiger partial charge in [-0.3, -0.25) is 0 Å². The fraction of sp³-hybridized carbons (Fsp3) is 0. The number of furan rings is 1. The SMILES string of the molecule is c1cc(-c2nc(-c3ccc4ccccc4c3)nc(-c3ccc4ccccc4c3)n2)cc(-c2nc3ccccc3c3c2ccc2c4ccccc4oc23)c1. The molecule has 5 heteroatoms. The molecule has 0 fully saturated rings. The highest BCUT2D eigenvalue weighted by Gasteiger charge is 2.19. The summed E-state index contributed by atoms with van der Waals surface area (Å²) in [4.78, 5) is 20.6. The molecule has 0 aliphatic carbocycles. The predicted octanol–water partition coefficient (Wildman–Crippen LogP) is 12.4. The monoisotopic (exact) mass is 676 g/mol. The third-order valence-electron chi connectivity index (χ3n) is 10.3. The van der Waals surface area contributed by atoms with Crippen LogP contribution in [0.25, 0.3) is 111 Å². The average Bonchev–Trinajstić information content (AvgIpc) is 3.62. The molecule has 0 aliphatic heterocycles. The van der Waals surface area contributed by atoms with Gasteiger partial charge in [0.05, 0.1) is 11.2 Å². The number of aromatic nitrogens is 4. The Balaban J connectivity index is 1.12. The van der Waals surface area contributed by atoms with E-state index in [0.29, 0.717) is 17.5 Å². The second-order valence-corrected chi connectivity index (χ2v) is 13.5. The van der Waals surface area contributed by atoms with E-state index in [1.165, 1.54) is 10.8 Å². The molecular formula is C48H28N4O. The quantitative estimate of drug-likeness (QED) is 0.174. The van der Waals surface area contributed by atoms with Gasteiger partial charge in [-0.25, -0.2) is 19.9 Å². The Morgan fingerprint density at radius 1 is 0.340 bits per heavy atom. The lowest BCUT2D eigenvalue weighted by Crippen LogP contribution is -2.00. The lowest BCUT2D eigenvalue weighted by Gasteiger charge is -2.12. The van der Waals surface area contributed by atoms with Crippen LogP contribution in [0.15, 0.2) is 174 Å². The zero-order valence-electron chi connectivity index (χ0n) is 28.4. The average molecular weight is 677 g/mol. The Hall–Kier alpha value is -7.24. The molecule has 246 valence electrons. The van der Waals surface area contributed by atoms with Crippen LogP contribution in [0.5, 0.6) is 0 Å². The number of pyridine rings is 1. The van der Waals surface area contributed by atoms with E-state index in [1.807, 2.05) is 18.2 Å². The highest BCUT2D eigenvalue weighted by atomic mass is 16.3. The molecule has 3 heterocycles. The number of hydrogen-bond donors (Lipinski definition) is 0. The van der Waals surface area contributed by atoms with Crippen molar-refractivity contribution >= 4 is 65.2 Å². The van der Waals surface area contributed by atoms with Crippen molar-refractivity contribution in [3.05, 3.63) is 170 Å². The van der Waals surface area contributed by atoms with E-state index in [0.717, 1.165) is 82.3 Å². The summed E-state index contributed by atoms with van der Waals surface area (Å²) in [6, 6.07) is 58.7. The fourth-order valence-corrected chi connectivity index (χ4v) is 7.66. The highest BCUT2D eigenvalue weighted by Crippen LogP contribution is 2.41. The normalized spacial score (nSPS) is 11.8. The Morgan fingerprint density at radius 3 is 1.58 bits per heavy atom. The van der Waals surface area contributed by atoms with Gasteiger partial charge in [0.1, 0.15) is 11.2 Å². The number of fused-ring (bicyclic) bond motifs is 9. The number of nitrogens with zero attached hydrogens (tertiary/aromatic N) is 4. The van der Waals surface area contributed by atoms with Gasteiger partial charge in [0.2, 0.25) is 0 Å². The van der Waals surface area contributed by atoms with Gasteiger partial charge in [0.25, 0.3) is 0 Å². The molecule has 3 aromatic heterocycles. The molecule has 11 rings (SSSR count). The van der Waals surface area contributed by atoms with Crippen molar-refractivity contribution in [1.29, 1.82) is 0 Å². The molecule has 0 atom stereocenters. The van der Waals surface area contributed by atoms with Gasteiger partial charge in [-0.05, 0) is 57.9 Å². The second kappa shape index (κ2) is 11.7. The molecule has 0 saturated heterocycles. The molecule has 0 saturated carbocycles. The molecule has 0 bridgehead atoms. The van der Waals surface area contributed by atoms with E-state index < -0.39 is 0 Å². The summed E-state index contributed by atoms with van der Waals surface area (Å²) in [7, 11) is 0. The maximum Gasteiger partial charge on any atom is 0.164 e. The molecule has 53 heavy (non-hydrogen) atoms. The molecule has 0 amide bonds. The van der Waals surface area contributed by atoms with Gasteiger partial charge in [-0.2, -0.15) is 0 Å². The summed E-state index contributed by atoms with van der Waals surface area (Å²) in [6.07, 6.45) is 0. The van der Waals surface area contributed by atoms with E-state index in [9.17, 15) is 0 Å². The van der Waals surface area contributed by atoms with Gasteiger partial charge in [0, 0.05) is 49.2 Å². The lowest BCUT2D eigenvalue weighted by molar-refractivity contribution is 0.673. The van der Waals surface area contributed by atoms with Crippen LogP contribution in [0.3, 0.4) is 0 Å². The van der Waals surface area contributed by atoms with E-state index in [4.69, 9.17) is 24.4 Å². The first-order valence-corrected chi connectivity index (χ1v) is 17.7. The van der Waals surface area contributed by atoms with Crippen molar-refractivity contribution in [2.24, 2.45) is 0 Å². The number of hydrogen-bond acceptors (Lipinski definition) is 5. The van der Waals surface area contributed by atoms with E-state index >= 15 is 0 Å². The maximum absolute atomic E-state index is 6.57. The van der Waals surface area contributed by atoms with Crippen molar-refractivity contribution in [2.75, 3.05) is 0 Å². The minimum Gasteiger partial charge on any atom is -0.455 e. The number of para-hydroxylation sites is 2. The first kappa shape index (κ1) is 29.5. The van der Waals surface area contributed by atoms with Crippen molar-refractivity contribution in [3.8, 4) is 45.4 Å². The van der Waals surface area contributed by atoms with Crippen LogP contribution in [0.1, 0.15) is 0 Å². The number of benzene rings is 8. The molecule has 5 nitrogen and oxygen atoms in total. The van der Waals surface area contributed by atoms with Crippen LogP contribution in [0.2, 0.25) is 0 Å². The third-order valence-corrected chi connectivity index (χ3v) is 10.3. The molecule has 0 N–H and O–H groups in total. The largest absolute Gasteiger partial charge is 0.455 e. The summed E-state index contributed by atoms with van der Waals surface area (Å²) in [5, 5.41) is 9.95. The smallest absolute Gasteiger partial charge is 0.164 e. The minimum absolute atomic E-state index is 0.595. The summed E-state index contributed by atoms with van der Waals surface area (Å²) >= 11 is 0. The Labute approximate surface area is 303 Å². The summed E-state index contributed by atoms with van der Waals surface area (Å²) in [6.45, 7) is 0. The lowest BCUT2D eigenvalue weighted by atomic mass is 9.97. The Kier molecular flexibility index (Phi) is 6.48. The summed E-state index contributed by atoms with van der Waals surface area (Å²) in [5.41, 5.74) is 7.24. The highest BCUT2D eigenvalue weighted by molar-refractivity contribution is 6.24. The van der Waals surface area contributed by atoms with Gasteiger partial charge >= 0.3 is 0 Å². The van der Waals surface area contributed by atoms with Crippen LogP contribution in [-0.4, -0.2) is 19.9 Å². The van der Waals surface area contributed by atoms with Crippen LogP contribution in [0.4, 0.5) is 0 Å². The molecule has 11 aromatic rings. The first-order chi connectivity index (χ1) is 26.2. The zero-order chi connectivity index (χ0) is 34.9. The van der Waals surface area contributed by atoms with Gasteiger partial charge in [-0.15, -0.1) is 0 Å². The molecule has 0 aliphatic rings. The van der Waals surface area contributed by atoms with Crippen molar-refractivity contribution in [3.63, 3.8) is 0 Å². The van der Waals surface area contributed by atoms with Gasteiger partial charge in [0.15, 0.2) is 17.5 Å². The van der Waals surface area contributed by atoms with E-state index in [2.05, 4.69) is 152 Å². The predicted molar refractivity (Wildman–Crippen MR) is 217 cm³/mol. The van der Waals surface area contributed by atoms with Crippen LogP contribution < -0.4 is 0 Å². The van der Waals surface area contributed by atoms with Crippen LogP contribution >= 0.6 is 0 Å². The minimum atomic E-state index is 0.595. The Morgan fingerprint density at radius 2 is 0.887 bits per heavy atom. The standard InChI is InChI=1S/C48H28N4O/c1-3-12-31-26-35(22-20-29(31)10-1)47-50-46(51-48(52-47)36-23-21-30-11-2-4-13-32(30)27-36)34-15-9-14-33(28-34)44-40-25-24-38-37-16-6-8-19-42(37)53-45(38)43(40)39-17-5-7-18-41(39)49-44/h1-28H. The van der Waals surface area contributed by atoms with Crippen molar-refractivity contribution < 1.29 is 4.42 Å². The molecular weight excluding hydrogens is 649 g/mol. The third kappa shape index (κ3) is 4.86. The number of rotatable bonds is 4. The van der Waals surface area contributed by atoms with E-state index in [-0.39, 0.29) is 0 Å². The molecule has 0 unspecified atom stereocenters. The van der Waals surface area contributed by atoms with E-state index in [1.54, 1.807) is 0 Å². The molecule has 0 spiro atoms. The molecule has 8 aromatic carbocycles. The first-order valence-electron chi connectivity index (χ1n) is 17.7. The fourth-order valence-electron chi connectivity index (χ4n) is 7.66. The Bertz CT molecular complexity index is 3160. The second-order valence-electron chi connectivity index (χ2n) is 13.5. The van der Waals surface area contributed by atoms with Crippen LogP contribution in [0, 0.1) is 0 Å². The zero-order valence-corrected chi connectivity index (χ0v) is 28.4. The van der Waals surface area contributed by atoms with Gasteiger partial charge in [-0.1, -0.05) is 133 Å². The summed E-state index contributed by atoms with van der Waals surface area (Å²) < 4.78 is 6.57. The van der Waals surface area contributed by atoms with Gasteiger partial charge < -0.3 is 4.42 Å². The molecule has 0 radical (unpaired) electrons. The van der Waals surface area contributed by atoms with Crippen molar-refractivity contribution in [1.82, 2.24) is 19.9 Å². The summed E-state index contributed by atoms with van der Waals surface area (Å²) in [5.74, 6) is 1.84. The van der Waals surface area contributed by atoms with Crippen molar-refractivity contribution in [2.45, 2.75) is 0 Å². The maximum atomic E-state index is 6.57. The topological polar surface area (TPSA) is 64.7 Å². The van der Waals surface area contributed by atoms with Crippen LogP contribution in [-0.2, 0) is 0 Å².